The number of ketones is 1. The Labute approximate surface area is 70.1 Å². The summed E-state index contributed by atoms with van der Waals surface area (Å²) < 4.78 is 5.11. The van der Waals surface area contributed by atoms with Crippen LogP contribution in [0.2, 0.25) is 0 Å². The third kappa shape index (κ3) is 4.94. The van der Waals surface area contributed by atoms with Gasteiger partial charge in [-0.2, -0.15) is 0 Å². The molecule has 0 spiro atoms. The van der Waals surface area contributed by atoms with E-state index in [-0.39, 0.29) is 5.78 Å². The molecule has 3 heteroatoms. The average molecular weight is 209 g/mol. The van der Waals surface area contributed by atoms with Gasteiger partial charge >= 0.3 is 0 Å². The summed E-state index contributed by atoms with van der Waals surface area (Å²) in [5.74, 6) is 0.0242. The first-order chi connectivity index (χ1) is 4.68. The van der Waals surface area contributed by atoms with Gasteiger partial charge in [-0.05, 0) is 29.3 Å². The molecule has 0 bridgehead atoms. The summed E-state index contributed by atoms with van der Waals surface area (Å²) >= 11 is 3.10. The summed E-state index contributed by atoms with van der Waals surface area (Å²) in [4.78, 5) is 10.6. The van der Waals surface area contributed by atoms with Crippen LogP contribution in [0.4, 0.5) is 0 Å². The Bertz CT molecular complexity index is 104. The van der Waals surface area contributed by atoms with E-state index in [0.29, 0.717) is 6.61 Å². The number of hydrogen-bond donors (Lipinski definition) is 0. The highest BCUT2D eigenvalue weighted by molar-refractivity contribution is 9.09. The minimum absolute atomic E-state index is 0.0242. The first kappa shape index (κ1) is 10.1. The lowest BCUT2D eigenvalue weighted by atomic mass is 10.4. The second kappa shape index (κ2) is 5.86. The van der Waals surface area contributed by atoms with Gasteiger partial charge in [0.25, 0.3) is 0 Å². The highest BCUT2D eigenvalue weighted by Gasteiger charge is 2.07. The number of hydrogen-bond acceptors (Lipinski definition) is 2. The van der Waals surface area contributed by atoms with Crippen LogP contribution in [0.1, 0.15) is 26.7 Å². The molecule has 0 radical (unpaired) electrons. The van der Waals surface area contributed by atoms with Crippen molar-refractivity contribution < 1.29 is 9.53 Å². The third-order valence-corrected chi connectivity index (χ3v) is 1.99. The van der Waals surface area contributed by atoms with Crippen LogP contribution in [0.25, 0.3) is 0 Å². The van der Waals surface area contributed by atoms with Gasteiger partial charge in [0, 0.05) is 6.61 Å². The Morgan fingerprint density at radius 1 is 1.70 bits per heavy atom. The smallest absolute Gasteiger partial charge is 0.170 e. The van der Waals surface area contributed by atoms with Crippen molar-refractivity contribution in [2.45, 2.75) is 31.7 Å². The first-order valence-corrected chi connectivity index (χ1v) is 4.36. The Hall–Kier alpha value is 0.110. The maximum atomic E-state index is 10.6. The van der Waals surface area contributed by atoms with Gasteiger partial charge in [0.2, 0.25) is 0 Å². The molecule has 60 valence electrons. The summed E-state index contributed by atoms with van der Waals surface area (Å²) in [6.45, 7) is 4.25. The molecule has 10 heavy (non-hydrogen) atoms. The Morgan fingerprint density at radius 2 is 2.30 bits per heavy atom. The van der Waals surface area contributed by atoms with Crippen molar-refractivity contribution in [3.8, 4) is 0 Å². The SMILES string of the molecule is CCCCOC(Br)C(C)=O. The lowest BCUT2D eigenvalue weighted by Gasteiger charge is -2.05. The van der Waals surface area contributed by atoms with E-state index in [9.17, 15) is 4.79 Å². The molecule has 0 aromatic heterocycles. The normalized spacial score (nSPS) is 13.1. The van der Waals surface area contributed by atoms with Crippen LogP contribution in [-0.4, -0.2) is 17.4 Å². The van der Waals surface area contributed by atoms with E-state index in [2.05, 4.69) is 22.9 Å². The van der Waals surface area contributed by atoms with Crippen molar-refractivity contribution in [1.29, 1.82) is 0 Å². The van der Waals surface area contributed by atoms with E-state index in [1.165, 1.54) is 6.92 Å². The van der Waals surface area contributed by atoms with Crippen molar-refractivity contribution in [3.63, 3.8) is 0 Å². The van der Waals surface area contributed by atoms with Crippen LogP contribution in [0.5, 0.6) is 0 Å². The van der Waals surface area contributed by atoms with Crippen molar-refractivity contribution in [3.05, 3.63) is 0 Å². The highest BCUT2D eigenvalue weighted by atomic mass is 79.9. The minimum atomic E-state index is -0.404. The van der Waals surface area contributed by atoms with Gasteiger partial charge < -0.3 is 4.74 Å². The van der Waals surface area contributed by atoms with Crippen LogP contribution >= 0.6 is 15.9 Å². The molecule has 0 aromatic carbocycles. The molecule has 0 aliphatic carbocycles. The number of carbonyl (C=O) groups excluding carboxylic acids is 1. The molecule has 0 aliphatic rings. The zero-order valence-electron chi connectivity index (χ0n) is 6.39. The summed E-state index contributed by atoms with van der Waals surface area (Å²) in [6, 6.07) is 0. The second-order valence-electron chi connectivity index (χ2n) is 2.15. The summed E-state index contributed by atoms with van der Waals surface area (Å²) in [5, 5.41) is -0.404. The van der Waals surface area contributed by atoms with Gasteiger partial charge in [-0.25, -0.2) is 0 Å². The molecule has 0 fully saturated rings. The third-order valence-electron chi connectivity index (χ3n) is 1.08. The molecular formula is C7H13BrO2. The molecule has 0 N–H and O–H groups in total. The van der Waals surface area contributed by atoms with Gasteiger partial charge in [-0.15, -0.1) is 0 Å². The topological polar surface area (TPSA) is 26.3 Å². The van der Waals surface area contributed by atoms with E-state index in [1.807, 2.05) is 0 Å². The number of alkyl halides is 1. The Balaban J connectivity index is 3.21. The predicted molar refractivity (Wildman–Crippen MR) is 44.3 cm³/mol. The summed E-state index contributed by atoms with van der Waals surface area (Å²) in [6.07, 6.45) is 2.10. The molecule has 1 unspecified atom stereocenters. The van der Waals surface area contributed by atoms with Gasteiger partial charge in [0.15, 0.2) is 10.8 Å². The summed E-state index contributed by atoms with van der Waals surface area (Å²) in [5.41, 5.74) is 0. The molecule has 0 heterocycles. The van der Waals surface area contributed by atoms with Crippen molar-refractivity contribution in [2.24, 2.45) is 0 Å². The number of unbranched alkanes of at least 4 members (excludes halogenated alkanes) is 1. The fourth-order valence-electron chi connectivity index (χ4n) is 0.448. The lowest BCUT2D eigenvalue weighted by Crippen LogP contribution is -2.14. The van der Waals surface area contributed by atoms with Crippen LogP contribution in [0.3, 0.4) is 0 Å². The van der Waals surface area contributed by atoms with E-state index in [4.69, 9.17) is 4.74 Å². The van der Waals surface area contributed by atoms with Crippen molar-refractivity contribution >= 4 is 21.7 Å². The number of halogens is 1. The van der Waals surface area contributed by atoms with Crippen LogP contribution in [0, 0.1) is 0 Å². The maximum Gasteiger partial charge on any atom is 0.170 e. The van der Waals surface area contributed by atoms with Crippen molar-refractivity contribution in [2.75, 3.05) is 6.61 Å². The lowest BCUT2D eigenvalue weighted by molar-refractivity contribution is -0.123. The largest absolute Gasteiger partial charge is 0.359 e. The van der Waals surface area contributed by atoms with Crippen LogP contribution in [-0.2, 0) is 9.53 Å². The molecule has 0 saturated heterocycles. The standard InChI is InChI=1S/C7H13BrO2/c1-3-4-5-10-7(8)6(2)9/h7H,3-5H2,1-2H3. The molecule has 0 saturated carbocycles. The molecular weight excluding hydrogens is 196 g/mol. The zero-order chi connectivity index (χ0) is 7.98. The molecule has 0 amide bonds. The van der Waals surface area contributed by atoms with E-state index < -0.39 is 5.01 Å². The molecule has 0 rings (SSSR count). The predicted octanol–water partition coefficient (Wildman–Crippen LogP) is 2.11. The molecule has 0 aromatic rings. The first-order valence-electron chi connectivity index (χ1n) is 3.44. The second-order valence-corrected chi connectivity index (χ2v) is 2.98. The van der Waals surface area contributed by atoms with Crippen molar-refractivity contribution in [1.82, 2.24) is 0 Å². The number of rotatable bonds is 5. The van der Waals surface area contributed by atoms with Crippen LogP contribution in [0.15, 0.2) is 0 Å². The Kier molecular flexibility index (Phi) is 5.93. The number of Topliss-reactive ketones (excluding diaryl/α,β-unsaturated/α-hetero) is 1. The highest BCUT2D eigenvalue weighted by Crippen LogP contribution is 2.03. The monoisotopic (exact) mass is 208 g/mol. The average Bonchev–Trinajstić information content (AvgIpc) is 1.88. The maximum absolute atomic E-state index is 10.6. The van der Waals surface area contributed by atoms with E-state index in [1.54, 1.807) is 0 Å². The molecule has 1 atom stereocenters. The van der Waals surface area contributed by atoms with Gasteiger partial charge in [0.1, 0.15) is 0 Å². The Morgan fingerprint density at radius 3 is 2.70 bits per heavy atom. The zero-order valence-corrected chi connectivity index (χ0v) is 7.98. The van der Waals surface area contributed by atoms with Gasteiger partial charge in [0.05, 0.1) is 0 Å². The van der Waals surface area contributed by atoms with Gasteiger partial charge in [-0.1, -0.05) is 13.3 Å². The van der Waals surface area contributed by atoms with E-state index in [0.717, 1.165) is 12.8 Å². The quantitative estimate of drug-likeness (QED) is 0.512. The number of ether oxygens (including phenoxy) is 1. The fraction of sp³-hybridized carbons (Fsp3) is 0.857. The molecule has 2 nitrogen and oxygen atoms in total. The fourth-order valence-corrected chi connectivity index (χ4v) is 0.635. The van der Waals surface area contributed by atoms with Gasteiger partial charge in [-0.3, -0.25) is 4.79 Å². The summed E-state index contributed by atoms with van der Waals surface area (Å²) in [7, 11) is 0. The van der Waals surface area contributed by atoms with Crippen LogP contribution < -0.4 is 0 Å². The van der Waals surface area contributed by atoms with E-state index >= 15 is 0 Å². The minimum Gasteiger partial charge on any atom is -0.359 e. The molecule has 0 aliphatic heterocycles. The number of carbonyl (C=O) groups is 1.